The second-order valence-electron chi connectivity index (χ2n) is 11.6. The van der Waals surface area contributed by atoms with E-state index in [2.05, 4.69) is 31.2 Å². The summed E-state index contributed by atoms with van der Waals surface area (Å²) in [4.78, 5) is 27.7. The molecule has 4 nitrogen and oxygen atoms in total. The van der Waals surface area contributed by atoms with Crippen molar-refractivity contribution in [2.24, 2.45) is 0 Å². The van der Waals surface area contributed by atoms with Crippen LogP contribution >= 0.6 is 0 Å². The van der Waals surface area contributed by atoms with Crippen LogP contribution in [-0.4, -0.2) is 24.1 Å². The van der Waals surface area contributed by atoms with Crippen LogP contribution in [0, 0.1) is 6.92 Å². The Morgan fingerprint density at radius 1 is 0.500 bits per heavy atom. The summed E-state index contributed by atoms with van der Waals surface area (Å²) in [6.07, 6.45) is -1.48. The van der Waals surface area contributed by atoms with E-state index in [0.29, 0.717) is 11.1 Å². The third-order valence-corrected chi connectivity index (χ3v) is 8.95. The largest absolute Gasteiger partial charge is 0.454 e. The minimum Gasteiger partial charge on any atom is -0.454 e. The molecule has 0 saturated heterocycles. The molecule has 44 heavy (non-hydrogen) atoms. The lowest BCUT2D eigenvalue weighted by Crippen LogP contribution is -2.46. The van der Waals surface area contributed by atoms with Crippen molar-refractivity contribution in [3.05, 3.63) is 167 Å². The van der Waals surface area contributed by atoms with Gasteiger partial charge < -0.3 is 9.47 Å². The van der Waals surface area contributed by atoms with Crippen LogP contribution < -0.4 is 0 Å². The zero-order valence-electron chi connectivity index (χ0n) is 24.6. The van der Waals surface area contributed by atoms with Gasteiger partial charge in [0.2, 0.25) is 0 Å². The lowest BCUT2D eigenvalue weighted by molar-refractivity contribution is -0.0532. The number of hydrogen-bond donors (Lipinski definition) is 0. The maximum absolute atomic E-state index is 13.9. The van der Waals surface area contributed by atoms with E-state index in [1.807, 2.05) is 104 Å². The van der Waals surface area contributed by atoms with Crippen molar-refractivity contribution in [3.63, 3.8) is 0 Å². The van der Waals surface area contributed by atoms with Gasteiger partial charge in [0.25, 0.3) is 0 Å². The van der Waals surface area contributed by atoms with Crippen molar-refractivity contribution in [1.29, 1.82) is 0 Å². The summed E-state index contributed by atoms with van der Waals surface area (Å²) in [7, 11) is 0. The van der Waals surface area contributed by atoms with E-state index in [0.717, 1.165) is 43.8 Å². The molecule has 0 N–H and O–H groups in total. The van der Waals surface area contributed by atoms with Gasteiger partial charge >= 0.3 is 11.9 Å². The van der Waals surface area contributed by atoms with Crippen molar-refractivity contribution in [1.82, 2.24) is 0 Å². The molecule has 0 heterocycles. The van der Waals surface area contributed by atoms with Crippen LogP contribution in [0.25, 0.3) is 21.5 Å². The molecular weight excluding hydrogens is 544 g/mol. The number of rotatable bonds is 5. The summed E-state index contributed by atoms with van der Waals surface area (Å²) in [5.74, 6) is -1.44. The minimum atomic E-state index is -0.760. The standard InChI is InChI=1S/C40H32O4/c1-25-11-3-8-16-33(25)36-35-18-10-9-17-34(35)26(2)37(43-39(41)31-21-19-27-12-4-6-14-29(27)23-31)38(36)44-40(42)32-22-20-28-13-5-7-15-30(28)24-32/h3-24,26,36-38H,1-2H3/t26?,36-,37?,38?/m0/s1. The zero-order chi connectivity index (χ0) is 30.2. The van der Waals surface area contributed by atoms with Crippen molar-refractivity contribution in [3.8, 4) is 0 Å². The SMILES string of the molecule is Cc1ccccc1[C@H]1c2ccccc2C(C)C(OC(=O)c2ccc3ccccc3c2)C1OC(=O)c1ccc2ccccc2c1. The Bertz CT molecular complexity index is 2030. The van der Waals surface area contributed by atoms with Gasteiger partial charge in [0.05, 0.1) is 17.0 Å². The maximum atomic E-state index is 13.9. The van der Waals surface area contributed by atoms with E-state index in [1.54, 1.807) is 12.1 Å². The zero-order valence-corrected chi connectivity index (χ0v) is 24.6. The normalized spacial score (nSPS) is 19.3. The smallest absolute Gasteiger partial charge is 0.338 e. The predicted molar refractivity (Wildman–Crippen MR) is 174 cm³/mol. The molecule has 0 aliphatic heterocycles. The molecule has 0 amide bonds. The van der Waals surface area contributed by atoms with Crippen LogP contribution in [-0.2, 0) is 9.47 Å². The molecule has 4 atom stereocenters. The number of ether oxygens (including phenoxy) is 2. The molecule has 3 unspecified atom stereocenters. The predicted octanol–water partition coefficient (Wildman–Crippen LogP) is 9.00. The molecule has 0 fully saturated rings. The number of carbonyl (C=O) groups excluding carboxylic acids is 2. The average Bonchev–Trinajstić information content (AvgIpc) is 3.06. The fourth-order valence-corrected chi connectivity index (χ4v) is 6.64. The molecule has 6 aromatic rings. The molecule has 0 aromatic heterocycles. The minimum absolute atomic E-state index is 0.217. The number of fused-ring (bicyclic) bond motifs is 3. The summed E-state index contributed by atoms with van der Waals surface area (Å²) >= 11 is 0. The van der Waals surface area contributed by atoms with E-state index in [1.165, 1.54) is 0 Å². The van der Waals surface area contributed by atoms with Crippen molar-refractivity contribution < 1.29 is 19.1 Å². The van der Waals surface area contributed by atoms with Crippen molar-refractivity contribution in [2.75, 3.05) is 0 Å². The highest BCUT2D eigenvalue weighted by atomic mass is 16.6. The molecule has 6 aromatic carbocycles. The molecule has 7 rings (SSSR count). The Labute approximate surface area is 256 Å². The summed E-state index contributed by atoms with van der Waals surface area (Å²) in [5, 5.41) is 4.01. The second-order valence-corrected chi connectivity index (χ2v) is 11.6. The van der Waals surface area contributed by atoms with E-state index >= 15 is 0 Å². The number of carbonyl (C=O) groups is 2. The third kappa shape index (κ3) is 5.03. The Hall–Kier alpha value is -5.22. The lowest BCUT2D eigenvalue weighted by Gasteiger charge is -2.42. The van der Waals surface area contributed by atoms with Gasteiger partial charge in [0, 0.05) is 5.92 Å². The first-order valence-corrected chi connectivity index (χ1v) is 15.0. The van der Waals surface area contributed by atoms with Gasteiger partial charge in [0.15, 0.2) is 6.10 Å². The highest BCUT2D eigenvalue weighted by Gasteiger charge is 2.46. The van der Waals surface area contributed by atoms with Gasteiger partial charge in [-0.3, -0.25) is 0 Å². The first-order chi connectivity index (χ1) is 21.5. The molecule has 0 radical (unpaired) electrons. The molecule has 4 heteroatoms. The van der Waals surface area contributed by atoms with Crippen LogP contribution in [0.3, 0.4) is 0 Å². The van der Waals surface area contributed by atoms with Crippen molar-refractivity contribution >= 4 is 33.5 Å². The van der Waals surface area contributed by atoms with Gasteiger partial charge in [0.1, 0.15) is 6.10 Å². The molecule has 1 aliphatic carbocycles. The summed E-state index contributed by atoms with van der Waals surface area (Å²) in [6.45, 7) is 4.11. The quantitative estimate of drug-likeness (QED) is 0.192. The molecule has 0 bridgehead atoms. The van der Waals surface area contributed by atoms with Crippen LogP contribution in [0.5, 0.6) is 0 Å². The van der Waals surface area contributed by atoms with Crippen LogP contribution in [0.4, 0.5) is 0 Å². The Balaban J connectivity index is 1.32. The Morgan fingerprint density at radius 2 is 0.955 bits per heavy atom. The second kappa shape index (κ2) is 11.5. The van der Waals surface area contributed by atoms with Gasteiger partial charge in [-0.25, -0.2) is 9.59 Å². The van der Waals surface area contributed by atoms with E-state index in [-0.39, 0.29) is 11.8 Å². The summed E-state index contributed by atoms with van der Waals surface area (Å²) < 4.78 is 12.9. The number of hydrogen-bond acceptors (Lipinski definition) is 4. The highest BCUT2D eigenvalue weighted by molar-refractivity contribution is 5.96. The fraction of sp³-hybridized carbons (Fsp3) is 0.150. The first kappa shape index (κ1) is 27.6. The Kier molecular flexibility index (Phi) is 7.19. The number of esters is 2. The van der Waals surface area contributed by atoms with Crippen molar-refractivity contribution in [2.45, 2.75) is 37.9 Å². The van der Waals surface area contributed by atoms with E-state index in [4.69, 9.17) is 9.47 Å². The summed E-state index contributed by atoms with van der Waals surface area (Å²) in [6, 6.07) is 43.4. The molecule has 0 saturated carbocycles. The van der Waals surface area contributed by atoms with E-state index in [9.17, 15) is 9.59 Å². The molecule has 1 aliphatic rings. The highest BCUT2D eigenvalue weighted by Crippen LogP contribution is 2.46. The lowest BCUT2D eigenvalue weighted by atomic mass is 9.70. The topological polar surface area (TPSA) is 52.6 Å². The van der Waals surface area contributed by atoms with Crippen LogP contribution in [0.15, 0.2) is 133 Å². The van der Waals surface area contributed by atoms with Gasteiger partial charge in [-0.1, -0.05) is 116 Å². The monoisotopic (exact) mass is 576 g/mol. The van der Waals surface area contributed by atoms with Gasteiger partial charge in [-0.15, -0.1) is 0 Å². The average molecular weight is 577 g/mol. The van der Waals surface area contributed by atoms with Gasteiger partial charge in [-0.05, 0) is 75.0 Å². The maximum Gasteiger partial charge on any atom is 0.338 e. The fourth-order valence-electron chi connectivity index (χ4n) is 6.64. The molecular formula is C40H32O4. The number of benzene rings is 6. The van der Waals surface area contributed by atoms with Crippen LogP contribution in [0.2, 0.25) is 0 Å². The first-order valence-electron chi connectivity index (χ1n) is 15.0. The number of aryl methyl sites for hydroxylation is 1. The third-order valence-electron chi connectivity index (χ3n) is 8.95. The molecule has 216 valence electrons. The van der Waals surface area contributed by atoms with E-state index < -0.39 is 24.1 Å². The Morgan fingerprint density at radius 3 is 1.52 bits per heavy atom. The summed E-state index contributed by atoms with van der Waals surface area (Å²) in [5.41, 5.74) is 5.18. The van der Waals surface area contributed by atoms with Gasteiger partial charge in [-0.2, -0.15) is 0 Å². The molecule has 0 spiro atoms. The van der Waals surface area contributed by atoms with Crippen LogP contribution in [0.1, 0.15) is 61.7 Å².